The third-order valence-corrected chi connectivity index (χ3v) is 4.39. The van der Waals surface area contributed by atoms with Crippen LogP contribution in [0.2, 0.25) is 0 Å². The van der Waals surface area contributed by atoms with Crippen LogP contribution in [0.15, 0.2) is 29.0 Å². The number of hydrogen-bond acceptors (Lipinski definition) is 7. The van der Waals surface area contributed by atoms with Crippen molar-refractivity contribution in [1.82, 2.24) is 25.3 Å². The lowest BCUT2D eigenvalue weighted by Crippen LogP contribution is -2.47. The van der Waals surface area contributed by atoms with Gasteiger partial charge in [-0.1, -0.05) is 5.16 Å². The van der Waals surface area contributed by atoms with E-state index in [0.717, 1.165) is 18.6 Å². The van der Waals surface area contributed by atoms with Gasteiger partial charge in [-0.25, -0.2) is 4.79 Å². The van der Waals surface area contributed by atoms with Crippen LogP contribution in [0.5, 0.6) is 5.75 Å². The van der Waals surface area contributed by atoms with Gasteiger partial charge in [0, 0.05) is 45.7 Å². The zero-order valence-electron chi connectivity index (χ0n) is 15.6. The highest BCUT2D eigenvalue weighted by Gasteiger charge is 2.26. The van der Waals surface area contributed by atoms with E-state index in [1.165, 1.54) is 0 Å². The molecule has 2 aromatic rings. The molecule has 0 aromatic carbocycles. The van der Waals surface area contributed by atoms with E-state index in [1.54, 1.807) is 24.4 Å². The molecule has 9 heteroatoms. The van der Waals surface area contributed by atoms with Crippen LogP contribution in [-0.2, 0) is 11.2 Å². The predicted octanol–water partition coefficient (Wildman–Crippen LogP) is 1.97. The minimum atomic E-state index is -0.356. The minimum Gasteiger partial charge on any atom is -0.489 e. The van der Waals surface area contributed by atoms with E-state index in [-0.39, 0.29) is 18.2 Å². The summed E-state index contributed by atoms with van der Waals surface area (Å²) in [7, 11) is 1.62. The molecule has 1 aliphatic heterocycles. The number of nitrogens with one attached hydrogen (secondary N) is 1. The van der Waals surface area contributed by atoms with Gasteiger partial charge in [0.2, 0.25) is 5.89 Å². The number of pyridine rings is 1. The Labute approximate surface area is 158 Å². The summed E-state index contributed by atoms with van der Waals surface area (Å²) in [5.41, 5.74) is 0. The number of piperidine rings is 1. The smallest absolute Gasteiger partial charge is 0.318 e. The van der Waals surface area contributed by atoms with Crippen molar-refractivity contribution < 1.29 is 18.8 Å². The second-order valence-electron chi connectivity index (χ2n) is 6.46. The Balaban J connectivity index is 1.44. The fourth-order valence-corrected chi connectivity index (χ4v) is 2.86. The Bertz CT molecular complexity index is 716. The number of amides is 2. The van der Waals surface area contributed by atoms with Crippen LogP contribution in [-0.4, -0.2) is 59.0 Å². The quantitative estimate of drug-likeness (QED) is 0.789. The first kappa shape index (κ1) is 19.1. The van der Waals surface area contributed by atoms with Gasteiger partial charge in [-0.2, -0.15) is 4.98 Å². The number of carbonyl (C=O) groups excluding carboxylic acids is 1. The fourth-order valence-electron chi connectivity index (χ4n) is 2.86. The third kappa shape index (κ3) is 5.40. The van der Waals surface area contributed by atoms with Crippen molar-refractivity contribution in [3.8, 4) is 5.75 Å². The zero-order chi connectivity index (χ0) is 19.1. The summed E-state index contributed by atoms with van der Waals surface area (Å²) < 4.78 is 16.1. The van der Waals surface area contributed by atoms with Gasteiger partial charge >= 0.3 is 6.03 Å². The summed E-state index contributed by atoms with van der Waals surface area (Å²) in [5.74, 6) is 1.72. The van der Waals surface area contributed by atoms with Gasteiger partial charge in [0.15, 0.2) is 5.82 Å². The van der Waals surface area contributed by atoms with Crippen LogP contribution in [0.3, 0.4) is 0 Å². The van der Waals surface area contributed by atoms with Crippen molar-refractivity contribution in [3.05, 3.63) is 36.2 Å². The number of rotatable bonds is 7. The second kappa shape index (κ2) is 9.31. The average molecular weight is 375 g/mol. The largest absolute Gasteiger partial charge is 0.489 e. The fraction of sp³-hybridized carbons (Fsp3) is 0.556. The molecule has 1 aliphatic rings. The van der Waals surface area contributed by atoms with E-state index in [0.29, 0.717) is 37.8 Å². The third-order valence-electron chi connectivity index (χ3n) is 4.39. The van der Waals surface area contributed by atoms with E-state index in [1.807, 2.05) is 19.1 Å². The summed E-state index contributed by atoms with van der Waals surface area (Å²) in [5, 5.41) is 6.80. The summed E-state index contributed by atoms with van der Waals surface area (Å²) in [4.78, 5) is 22.6. The Kier molecular flexibility index (Phi) is 6.59. The Morgan fingerprint density at radius 3 is 2.96 bits per heavy atom. The molecule has 1 atom stereocenters. The summed E-state index contributed by atoms with van der Waals surface area (Å²) in [6, 6.07) is 3.24. The van der Waals surface area contributed by atoms with Crippen LogP contribution in [0.25, 0.3) is 0 Å². The SMILES string of the molecule is COCCc1noc([C@H](C)NC(=O)N2CCC(Oc3cccnc3)CC2)n1. The topological polar surface area (TPSA) is 103 Å². The number of likely N-dealkylation sites (tertiary alicyclic amines) is 1. The average Bonchev–Trinajstić information content (AvgIpc) is 3.17. The molecule has 3 heterocycles. The molecule has 27 heavy (non-hydrogen) atoms. The maximum Gasteiger partial charge on any atom is 0.318 e. The van der Waals surface area contributed by atoms with Gasteiger partial charge in [0.25, 0.3) is 0 Å². The maximum absolute atomic E-state index is 12.5. The molecule has 0 spiro atoms. The molecule has 0 aliphatic carbocycles. The van der Waals surface area contributed by atoms with Crippen molar-refractivity contribution in [1.29, 1.82) is 0 Å². The molecule has 1 fully saturated rings. The van der Waals surface area contributed by atoms with E-state index in [4.69, 9.17) is 14.0 Å². The first-order chi connectivity index (χ1) is 13.2. The Morgan fingerprint density at radius 1 is 1.44 bits per heavy atom. The molecule has 0 radical (unpaired) electrons. The van der Waals surface area contributed by atoms with Gasteiger partial charge < -0.3 is 24.2 Å². The van der Waals surface area contributed by atoms with Crippen molar-refractivity contribution in [2.24, 2.45) is 0 Å². The number of ether oxygens (including phenoxy) is 2. The first-order valence-electron chi connectivity index (χ1n) is 9.09. The maximum atomic E-state index is 12.5. The summed E-state index contributed by atoms with van der Waals surface area (Å²) in [6.45, 7) is 3.61. The molecule has 1 saturated heterocycles. The van der Waals surface area contributed by atoms with E-state index >= 15 is 0 Å². The molecule has 0 bridgehead atoms. The van der Waals surface area contributed by atoms with Gasteiger partial charge in [-0.15, -0.1) is 0 Å². The molecule has 2 amide bonds. The van der Waals surface area contributed by atoms with E-state index in [2.05, 4.69) is 20.4 Å². The predicted molar refractivity (Wildman–Crippen MR) is 96.3 cm³/mol. The zero-order valence-corrected chi connectivity index (χ0v) is 15.6. The molecule has 146 valence electrons. The monoisotopic (exact) mass is 375 g/mol. The minimum absolute atomic E-state index is 0.0926. The van der Waals surface area contributed by atoms with Crippen LogP contribution >= 0.6 is 0 Å². The number of nitrogens with zero attached hydrogens (tertiary/aromatic N) is 4. The van der Waals surface area contributed by atoms with Gasteiger partial charge in [0.1, 0.15) is 17.9 Å². The summed E-state index contributed by atoms with van der Waals surface area (Å²) in [6.07, 6.45) is 5.63. The lowest BCUT2D eigenvalue weighted by atomic mass is 10.1. The van der Waals surface area contributed by atoms with E-state index < -0.39 is 0 Å². The van der Waals surface area contributed by atoms with Crippen LogP contribution in [0.4, 0.5) is 4.79 Å². The standard InChI is InChI=1S/C18H25N5O4/c1-13(17-21-16(22-27-17)7-11-25-2)20-18(24)23-9-5-14(6-10-23)26-15-4-3-8-19-12-15/h3-4,8,12-14H,5-7,9-11H2,1-2H3,(H,20,24)/t13-/m0/s1. The van der Waals surface area contributed by atoms with Crippen molar-refractivity contribution in [3.63, 3.8) is 0 Å². The first-order valence-corrected chi connectivity index (χ1v) is 9.09. The molecule has 2 aromatic heterocycles. The molecular formula is C18H25N5O4. The van der Waals surface area contributed by atoms with E-state index in [9.17, 15) is 4.79 Å². The molecule has 3 rings (SSSR count). The molecule has 9 nitrogen and oxygen atoms in total. The molecule has 0 unspecified atom stereocenters. The van der Waals surface area contributed by atoms with Crippen LogP contribution < -0.4 is 10.1 Å². The Morgan fingerprint density at radius 2 is 2.26 bits per heavy atom. The van der Waals surface area contributed by atoms with Crippen molar-refractivity contribution >= 4 is 6.03 Å². The second-order valence-corrected chi connectivity index (χ2v) is 6.46. The lowest BCUT2D eigenvalue weighted by molar-refractivity contribution is 0.109. The highest BCUT2D eigenvalue weighted by molar-refractivity contribution is 5.74. The highest BCUT2D eigenvalue weighted by Crippen LogP contribution is 2.18. The Hall–Kier alpha value is -2.68. The van der Waals surface area contributed by atoms with Crippen molar-refractivity contribution in [2.75, 3.05) is 26.8 Å². The molecule has 1 N–H and O–H groups in total. The van der Waals surface area contributed by atoms with Gasteiger partial charge in [0.05, 0.1) is 12.8 Å². The number of urea groups is 1. The van der Waals surface area contributed by atoms with Crippen LogP contribution in [0, 0.1) is 0 Å². The molecule has 0 saturated carbocycles. The number of hydrogen-bond donors (Lipinski definition) is 1. The number of aromatic nitrogens is 3. The number of methoxy groups -OCH3 is 1. The lowest BCUT2D eigenvalue weighted by Gasteiger charge is -2.32. The highest BCUT2D eigenvalue weighted by atomic mass is 16.5. The van der Waals surface area contributed by atoms with Gasteiger partial charge in [-0.3, -0.25) is 4.98 Å². The van der Waals surface area contributed by atoms with Crippen LogP contribution in [0.1, 0.15) is 37.5 Å². The van der Waals surface area contributed by atoms with Gasteiger partial charge in [-0.05, 0) is 19.1 Å². The molecular weight excluding hydrogens is 350 g/mol. The summed E-state index contributed by atoms with van der Waals surface area (Å²) >= 11 is 0. The van der Waals surface area contributed by atoms with Crippen molar-refractivity contribution in [2.45, 2.75) is 38.3 Å². The normalized spacial score (nSPS) is 16.1. The number of carbonyl (C=O) groups is 1.